The van der Waals surface area contributed by atoms with Crippen LogP contribution in [0.2, 0.25) is 5.02 Å². The van der Waals surface area contributed by atoms with Gasteiger partial charge in [0, 0.05) is 24.9 Å². The van der Waals surface area contributed by atoms with Gasteiger partial charge in [-0.1, -0.05) is 11.6 Å². The highest BCUT2D eigenvalue weighted by molar-refractivity contribution is 8.00. The molecule has 6 nitrogen and oxygen atoms in total. The van der Waals surface area contributed by atoms with Crippen molar-refractivity contribution in [1.82, 2.24) is 4.90 Å². The number of ether oxygens (including phenoxy) is 3. The molecule has 1 heterocycles. The Kier molecular flexibility index (Phi) is 7.66. The number of amides is 1. The lowest BCUT2D eigenvalue weighted by molar-refractivity contribution is -0.140. The lowest BCUT2D eigenvalue weighted by Crippen LogP contribution is -2.44. The summed E-state index contributed by atoms with van der Waals surface area (Å²) in [5, 5.41) is 0.0664. The van der Waals surface area contributed by atoms with Crippen LogP contribution in [0.4, 0.5) is 0 Å². The highest BCUT2D eigenvalue weighted by atomic mass is 35.5. The van der Waals surface area contributed by atoms with Gasteiger partial charge < -0.3 is 19.1 Å². The highest BCUT2D eigenvalue weighted by Gasteiger charge is 2.28. The zero-order valence-electron chi connectivity index (χ0n) is 15.0. The van der Waals surface area contributed by atoms with E-state index < -0.39 is 0 Å². The summed E-state index contributed by atoms with van der Waals surface area (Å²) >= 11 is 7.72. The van der Waals surface area contributed by atoms with Crippen molar-refractivity contribution in [1.29, 1.82) is 0 Å². The second-order valence-electron chi connectivity index (χ2n) is 5.47. The topological polar surface area (TPSA) is 65.1 Å². The molecule has 0 bridgehead atoms. The second kappa shape index (κ2) is 9.73. The molecule has 0 radical (unpaired) electrons. The summed E-state index contributed by atoms with van der Waals surface area (Å²) in [6.07, 6.45) is 3.14. The van der Waals surface area contributed by atoms with Crippen molar-refractivity contribution in [2.75, 3.05) is 39.7 Å². The van der Waals surface area contributed by atoms with Crippen LogP contribution in [-0.4, -0.2) is 61.7 Å². The summed E-state index contributed by atoms with van der Waals surface area (Å²) in [7, 11) is 2.88. The first-order valence-corrected chi connectivity index (χ1v) is 9.59. The van der Waals surface area contributed by atoms with Crippen LogP contribution in [0.1, 0.15) is 12.5 Å². The Labute approximate surface area is 162 Å². The van der Waals surface area contributed by atoms with Gasteiger partial charge in [0.1, 0.15) is 5.25 Å². The molecule has 1 aromatic carbocycles. The first kappa shape index (κ1) is 20.5. The largest absolute Gasteiger partial charge is 0.491 e. The molecule has 1 fully saturated rings. The molecule has 0 aliphatic carbocycles. The van der Waals surface area contributed by atoms with E-state index >= 15 is 0 Å². The van der Waals surface area contributed by atoms with E-state index in [0.29, 0.717) is 42.0 Å². The van der Waals surface area contributed by atoms with Crippen LogP contribution in [0.15, 0.2) is 18.2 Å². The molecule has 0 aromatic heterocycles. The van der Waals surface area contributed by atoms with Crippen molar-refractivity contribution >= 4 is 41.3 Å². The number of halogens is 1. The summed E-state index contributed by atoms with van der Waals surface area (Å²) in [5.41, 5.74) is 0.725. The number of methoxy groups -OCH3 is 2. The zero-order chi connectivity index (χ0) is 19.1. The smallest absolute Gasteiger partial charge is 0.320 e. The van der Waals surface area contributed by atoms with Crippen LogP contribution in [0.25, 0.3) is 6.08 Å². The van der Waals surface area contributed by atoms with Gasteiger partial charge >= 0.3 is 5.97 Å². The molecule has 2 rings (SSSR count). The van der Waals surface area contributed by atoms with Crippen LogP contribution < -0.4 is 9.47 Å². The third-order valence-corrected chi connectivity index (χ3v) is 5.24. The van der Waals surface area contributed by atoms with Crippen LogP contribution in [0, 0.1) is 0 Å². The number of hydrogen-bond acceptors (Lipinski definition) is 6. The van der Waals surface area contributed by atoms with E-state index in [4.69, 9.17) is 25.8 Å². The monoisotopic (exact) mass is 399 g/mol. The minimum absolute atomic E-state index is 0.163. The van der Waals surface area contributed by atoms with Crippen LogP contribution in [-0.2, 0) is 14.3 Å². The van der Waals surface area contributed by atoms with Crippen molar-refractivity contribution in [2.45, 2.75) is 12.2 Å². The van der Waals surface area contributed by atoms with E-state index in [1.54, 1.807) is 23.1 Å². The van der Waals surface area contributed by atoms with Crippen molar-refractivity contribution < 1.29 is 23.8 Å². The fourth-order valence-electron chi connectivity index (χ4n) is 2.54. The maximum Gasteiger partial charge on any atom is 0.320 e. The summed E-state index contributed by atoms with van der Waals surface area (Å²) < 4.78 is 15.5. The minimum atomic E-state index is -0.342. The third kappa shape index (κ3) is 5.08. The number of rotatable bonds is 6. The number of thioether (sulfide) groups is 1. The maximum atomic E-state index is 12.4. The molecule has 1 saturated heterocycles. The molecule has 142 valence electrons. The Morgan fingerprint density at radius 1 is 1.38 bits per heavy atom. The maximum absolute atomic E-state index is 12.4. The van der Waals surface area contributed by atoms with E-state index in [1.807, 2.05) is 6.92 Å². The van der Waals surface area contributed by atoms with E-state index in [0.717, 1.165) is 5.56 Å². The lowest BCUT2D eigenvalue weighted by Gasteiger charge is -2.30. The van der Waals surface area contributed by atoms with Gasteiger partial charge in [-0.15, -0.1) is 11.8 Å². The number of nitrogens with zero attached hydrogens (tertiary/aromatic N) is 1. The fraction of sp³-hybridized carbons (Fsp3) is 0.444. The second-order valence-corrected chi connectivity index (χ2v) is 7.19. The molecule has 0 unspecified atom stereocenters. The standard InChI is InChI=1S/C18H22ClNO5S/c1-4-25-14-10-12(9-13(19)17(14)23-2)5-6-16(21)20-7-8-26-15(11-20)18(22)24-3/h5-6,9-10,15H,4,7-8,11H2,1-3H3/b6-5+/t15-/m0/s1. The lowest BCUT2D eigenvalue weighted by atomic mass is 10.1. The molecule has 0 saturated carbocycles. The van der Waals surface area contributed by atoms with Crippen LogP contribution in [0.5, 0.6) is 11.5 Å². The average Bonchev–Trinajstić information content (AvgIpc) is 2.65. The van der Waals surface area contributed by atoms with Crippen LogP contribution >= 0.6 is 23.4 Å². The Hall–Kier alpha value is -1.86. The van der Waals surface area contributed by atoms with Crippen molar-refractivity contribution in [3.05, 3.63) is 28.8 Å². The van der Waals surface area contributed by atoms with Crippen molar-refractivity contribution in [2.24, 2.45) is 0 Å². The van der Waals surface area contributed by atoms with Gasteiger partial charge in [0.15, 0.2) is 11.5 Å². The number of carbonyl (C=O) groups is 2. The Balaban J connectivity index is 2.11. The predicted octanol–water partition coefficient (Wildman–Crippen LogP) is 2.88. The fourth-order valence-corrected chi connectivity index (χ4v) is 3.97. The van der Waals surface area contributed by atoms with Gasteiger partial charge in [0.05, 0.1) is 25.8 Å². The quantitative estimate of drug-likeness (QED) is 0.541. The molecule has 1 aromatic rings. The SMILES string of the molecule is CCOc1cc(/C=C/C(=O)N2CCS[C@H](C(=O)OC)C2)cc(Cl)c1OC. The molecule has 8 heteroatoms. The summed E-state index contributed by atoms with van der Waals surface area (Å²) in [6.45, 7) is 3.27. The Morgan fingerprint density at radius 3 is 2.81 bits per heavy atom. The molecule has 1 amide bonds. The molecular weight excluding hydrogens is 378 g/mol. The summed E-state index contributed by atoms with van der Waals surface area (Å²) in [6, 6.07) is 3.47. The van der Waals surface area contributed by atoms with E-state index in [1.165, 1.54) is 32.1 Å². The first-order chi connectivity index (χ1) is 12.5. The molecular formula is C18H22ClNO5S. The highest BCUT2D eigenvalue weighted by Crippen LogP contribution is 2.36. The van der Waals surface area contributed by atoms with Crippen molar-refractivity contribution in [3.8, 4) is 11.5 Å². The normalized spacial score (nSPS) is 17.2. The molecule has 1 atom stereocenters. The molecule has 1 aliphatic rings. The van der Waals surface area contributed by atoms with Gasteiger partial charge in [-0.25, -0.2) is 0 Å². The molecule has 26 heavy (non-hydrogen) atoms. The Morgan fingerprint density at radius 2 is 2.15 bits per heavy atom. The van der Waals surface area contributed by atoms with E-state index in [9.17, 15) is 9.59 Å². The summed E-state index contributed by atoms with van der Waals surface area (Å²) in [4.78, 5) is 25.7. The number of hydrogen-bond donors (Lipinski definition) is 0. The Bertz CT molecular complexity index is 694. The van der Waals surface area contributed by atoms with Crippen molar-refractivity contribution in [3.63, 3.8) is 0 Å². The number of esters is 1. The number of benzene rings is 1. The zero-order valence-corrected chi connectivity index (χ0v) is 16.6. The van der Waals surface area contributed by atoms with Gasteiger partial charge in [0.25, 0.3) is 0 Å². The number of carbonyl (C=O) groups excluding carboxylic acids is 2. The molecule has 1 aliphatic heterocycles. The summed E-state index contributed by atoms with van der Waals surface area (Å²) in [5.74, 6) is 1.21. The molecule has 0 N–H and O–H groups in total. The van der Waals surface area contributed by atoms with Gasteiger partial charge in [-0.05, 0) is 30.7 Å². The van der Waals surface area contributed by atoms with Crippen LogP contribution in [0.3, 0.4) is 0 Å². The van der Waals surface area contributed by atoms with Gasteiger partial charge in [-0.2, -0.15) is 0 Å². The third-order valence-electron chi connectivity index (χ3n) is 3.80. The molecule has 0 spiro atoms. The average molecular weight is 400 g/mol. The van der Waals surface area contributed by atoms with Gasteiger partial charge in [-0.3, -0.25) is 9.59 Å². The first-order valence-electron chi connectivity index (χ1n) is 8.16. The van der Waals surface area contributed by atoms with Gasteiger partial charge in [0.2, 0.25) is 5.91 Å². The predicted molar refractivity (Wildman–Crippen MR) is 103 cm³/mol. The minimum Gasteiger partial charge on any atom is -0.491 e. The van der Waals surface area contributed by atoms with E-state index in [2.05, 4.69) is 0 Å². The van der Waals surface area contributed by atoms with E-state index in [-0.39, 0.29) is 17.1 Å².